The Morgan fingerprint density at radius 1 is 0.968 bits per heavy atom. The Kier molecular flexibility index (Phi) is 8.36. The van der Waals surface area contributed by atoms with Crippen molar-refractivity contribution in [2.45, 2.75) is 56.7 Å². The molecule has 1 aromatic rings. The maximum atomic E-state index is 13.4. The molecule has 0 spiro atoms. The molecule has 0 radical (unpaired) electrons. The molecule has 9 heteroatoms. The lowest BCUT2D eigenvalue weighted by molar-refractivity contribution is -0.141. The van der Waals surface area contributed by atoms with Crippen LogP contribution < -0.4 is 0 Å². The second-order valence-corrected chi connectivity index (χ2v) is 9.29. The first-order valence-electron chi connectivity index (χ1n) is 10.8. The summed E-state index contributed by atoms with van der Waals surface area (Å²) in [6, 6.07) is 5.65. The second kappa shape index (κ2) is 10.6. The topological polar surface area (TPSA) is 53.1 Å². The highest BCUT2D eigenvalue weighted by Gasteiger charge is 2.48. The van der Waals surface area contributed by atoms with Crippen molar-refractivity contribution in [2.75, 3.05) is 33.3 Å². The number of hydrogen-bond acceptors (Lipinski definition) is 4. The van der Waals surface area contributed by atoms with E-state index >= 15 is 0 Å². The number of fused-ring (bicyclic) bond motifs is 1. The summed E-state index contributed by atoms with van der Waals surface area (Å²) in [6.07, 6.45) is 5.42. The minimum Gasteiger partial charge on any atom is -0.453 e. The lowest BCUT2D eigenvalue weighted by Gasteiger charge is -2.54. The molecule has 4 rings (SSSR count). The fraction of sp³-hybridized carbons (Fsp3) is 0.636. The van der Waals surface area contributed by atoms with Gasteiger partial charge in [-0.25, -0.2) is 4.79 Å². The van der Waals surface area contributed by atoms with Crippen molar-refractivity contribution < 1.29 is 14.3 Å². The van der Waals surface area contributed by atoms with Crippen molar-refractivity contribution in [3.05, 3.63) is 33.8 Å². The molecule has 1 aliphatic carbocycles. The summed E-state index contributed by atoms with van der Waals surface area (Å²) in [4.78, 5) is 32.3. The van der Waals surface area contributed by atoms with Gasteiger partial charge < -0.3 is 14.5 Å². The van der Waals surface area contributed by atoms with E-state index in [2.05, 4.69) is 4.90 Å². The van der Waals surface area contributed by atoms with Gasteiger partial charge in [0.1, 0.15) is 0 Å². The van der Waals surface area contributed by atoms with Gasteiger partial charge in [0.05, 0.1) is 35.7 Å². The zero-order valence-electron chi connectivity index (χ0n) is 17.8. The van der Waals surface area contributed by atoms with Gasteiger partial charge in [-0.3, -0.25) is 9.69 Å². The van der Waals surface area contributed by atoms with Gasteiger partial charge in [-0.15, -0.1) is 12.4 Å². The van der Waals surface area contributed by atoms with E-state index in [4.69, 9.17) is 27.9 Å². The molecule has 3 fully saturated rings. The summed E-state index contributed by atoms with van der Waals surface area (Å²) in [5.74, 6) is 0.0824. The van der Waals surface area contributed by atoms with Gasteiger partial charge in [-0.05, 0) is 62.9 Å². The molecule has 3 atom stereocenters. The third-order valence-corrected chi connectivity index (χ3v) is 7.55. The number of benzene rings is 1. The highest BCUT2D eigenvalue weighted by molar-refractivity contribution is 6.42. The maximum absolute atomic E-state index is 13.4. The van der Waals surface area contributed by atoms with Gasteiger partial charge >= 0.3 is 6.09 Å². The molecule has 2 amide bonds. The van der Waals surface area contributed by atoms with Crippen molar-refractivity contribution in [1.29, 1.82) is 0 Å². The molecule has 3 aliphatic rings. The summed E-state index contributed by atoms with van der Waals surface area (Å²) < 4.78 is 5.06. The number of ether oxygens (including phenoxy) is 1. The Morgan fingerprint density at radius 3 is 2.32 bits per heavy atom. The number of hydrogen-bond donors (Lipinski definition) is 0. The first-order chi connectivity index (χ1) is 14.5. The van der Waals surface area contributed by atoms with Crippen LogP contribution in [0.25, 0.3) is 0 Å². The number of piperazine rings is 1. The number of rotatable bonds is 3. The highest BCUT2D eigenvalue weighted by Crippen LogP contribution is 2.35. The Morgan fingerprint density at radius 2 is 1.65 bits per heavy atom. The fourth-order valence-corrected chi connectivity index (χ4v) is 5.77. The molecule has 1 saturated carbocycles. The van der Waals surface area contributed by atoms with Crippen molar-refractivity contribution in [1.82, 2.24) is 14.7 Å². The molecule has 2 aliphatic heterocycles. The van der Waals surface area contributed by atoms with E-state index in [1.807, 2.05) is 15.9 Å². The SMILES string of the molecule is COC(=O)N1CCN(C(=O)Cc2ccc(Cl)c(Cl)c2)C2C(N3CCCC3)CCCC21.Cl. The standard InChI is InChI=1S/C22H29Cl2N3O3.ClH/c1-30-22(29)26-11-12-27(20(28)14-15-7-8-16(23)17(24)13-15)21-18(5-4-6-19(21)26)25-9-2-3-10-25;/h7-8,13,18-19,21H,2-6,9-12,14H2,1H3;1H. The monoisotopic (exact) mass is 489 g/mol. The quantitative estimate of drug-likeness (QED) is 0.635. The number of nitrogens with zero attached hydrogens (tertiary/aromatic N) is 3. The van der Waals surface area contributed by atoms with E-state index in [0.29, 0.717) is 23.1 Å². The Balaban J connectivity index is 0.00000272. The normalized spacial score (nSPS) is 26.2. The van der Waals surface area contributed by atoms with E-state index in [1.54, 1.807) is 12.1 Å². The van der Waals surface area contributed by atoms with Crippen LogP contribution in [-0.4, -0.2) is 78.1 Å². The number of amides is 2. The van der Waals surface area contributed by atoms with Crippen LogP contribution in [0.3, 0.4) is 0 Å². The summed E-state index contributed by atoms with van der Waals surface area (Å²) in [5.41, 5.74) is 0.856. The minimum atomic E-state index is -0.288. The van der Waals surface area contributed by atoms with Crippen LogP contribution in [0.1, 0.15) is 37.7 Å². The number of methoxy groups -OCH3 is 1. The van der Waals surface area contributed by atoms with Crippen molar-refractivity contribution >= 4 is 47.6 Å². The summed E-state index contributed by atoms with van der Waals surface area (Å²) in [6.45, 7) is 3.18. The Bertz CT molecular complexity index is 803. The molecule has 2 saturated heterocycles. The minimum absolute atomic E-state index is 0. The lowest BCUT2D eigenvalue weighted by atomic mass is 9.81. The lowest BCUT2D eigenvalue weighted by Crippen LogP contribution is -2.69. The first-order valence-corrected chi connectivity index (χ1v) is 11.6. The molecule has 1 aromatic carbocycles. The molecule has 0 aromatic heterocycles. The first kappa shape index (κ1) is 24.4. The number of carbonyl (C=O) groups excluding carboxylic acids is 2. The van der Waals surface area contributed by atoms with Crippen LogP contribution >= 0.6 is 35.6 Å². The average molecular weight is 491 g/mol. The van der Waals surface area contributed by atoms with Crippen molar-refractivity contribution in [3.8, 4) is 0 Å². The number of carbonyl (C=O) groups is 2. The van der Waals surface area contributed by atoms with Crippen molar-refractivity contribution in [2.24, 2.45) is 0 Å². The maximum Gasteiger partial charge on any atom is 0.409 e. The third kappa shape index (κ3) is 5.08. The van der Waals surface area contributed by atoms with Gasteiger partial charge in [0, 0.05) is 19.1 Å². The predicted molar refractivity (Wildman–Crippen MR) is 124 cm³/mol. The average Bonchev–Trinajstić information content (AvgIpc) is 3.29. The Hall–Kier alpha value is -1.21. The summed E-state index contributed by atoms with van der Waals surface area (Å²) in [7, 11) is 1.43. The zero-order chi connectivity index (χ0) is 21.3. The van der Waals surface area contributed by atoms with Crippen LogP contribution in [0.2, 0.25) is 10.0 Å². The van der Waals surface area contributed by atoms with E-state index in [-0.39, 0.29) is 49.0 Å². The van der Waals surface area contributed by atoms with Gasteiger partial charge in [-0.2, -0.15) is 0 Å². The van der Waals surface area contributed by atoms with Gasteiger partial charge in [0.2, 0.25) is 5.91 Å². The molecular weight excluding hydrogens is 461 g/mol. The fourth-order valence-electron chi connectivity index (χ4n) is 5.45. The van der Waals surface area contributed by atoms with E-state index in [0.717, 1.165) is 37.9 Å². The number of likely N-dealkylation sites (tertiary alicyclic amines) is 1. The smallest absolute Gasteiger partial charge is 0.409 e. The molecule has 6 nitrogen and oxygen atoms in total. The van der Waals surface area contributed by atoms with E-state index < -0.39 is 0 Å². The predicted octanol–water partition coefficient (Wildman–Crippen LogP) is 4.25. The van der Waals surface area contributed by atoms with Gasteiger partial charge in [-0.1, -0.05) is 29.3 Å². The highest BCUT2D eigenvalue weighted by atomic mass is 35.5. The zero-order valence-corrected chi connectivity index (χ0v) is 20.1. The van der Waals surface area contributed by atoms with Gasteiger partial charge in [0.15, 0.2) is 0 Å². The Labute approximate surface area is 200 Å². The summed E-state index contributed by atoms with van der Waals surface area (Å²) in [5, 5.41) is 0.948. The van der Waals surface area contributed by atoms with Crippen LogP contribution in [-0.2, 0) is 16.0 Å². The van der Waals surface area contributed by atoms with E-state index in [9.17, 15) is 9.59 Å². The molecule has 172 valence electrons. The van der Waals surface area contributed by atoms with Crippen LogP contribution in [0.15, 0.2) is 18.2 Å². The summed E-state index contributed by atoms with van der Waals surface area (Å²) >= 11 is 12.2. The third-order valence-electron chi connectivity index (χ3n) is 6.81. The van der Waals surface area contributed by atoms with Gasteiger partial charge in [0.25, 0.3) is 0 Å². The number of halogens is 3. The molecule has 0 N–H and O–H groups in total. The molecule has 2 heterocycles. The van der Waals surface area contributed by atoms with E-state index in [1.165, 1.54) is 20.0 Å². The molecule has 31 heavy (non-hydrogen) atoms. The van der Waals surface area contributed by atoms with Crippen LogP contribution in [0.4, 0.5) is 4.79 Å². The second-order valence-electron chi connectivity index (χ2n) is 8.48. The largest absolute Gasteiger partial charge is 0.453 e. The van der Waals surface area contributed by atoms with Crippen molar-refractivity contribution in [3.63, 3.8) is 0 Å². The van der Waals surface area contributed by atoms with Crippen LogP contribution in [0.5, 0.6) is 0 Å². The molecular formula is C22H30Cl3N3O3. The molecule has 3 unspecified atom stereocenters. The molecule has 0 bridgehead atoms. The van der Waals surface area contributed by atoms with Crippen LogP contribution in [0, 0.1) is 0 Å².